The topological polar surface area (TPSA) is 46.5 Å². The number of nitrogens with zero attached hydrogens (tertiary/aromatic N) is 2. The van der Waals surface area contributed by atoms with Gasteiger partial charge in [0.15, 0.2) is 0 Å². The second kappa shape index (κ2) is 7.08. The summed E-state index contributed by atoms with van der Waals surface area (Å²) in [7, 11) is 0. The van der Waals surface area contributed by atoms with Crippen molar-refractivity contribution in [2.75, 3.05) is 26.2 Å². The van der Waals surface area contributed by atoms with E-state index in [9.17, 15) is 4.79 Å². The van der Waals surface area contributed by atoms with E-state index in [-0.39, 0.29) is 12.0 Å². The Morgan fingerprint density at radius 3 is 2.92 bits per heavy atom. The number of rotatable bonds is 5. The maximum Gasteiger partial charge on any atom is 0.267 e. The fourth-order valence-corrected chi connectivity index (χ4v) is 4.00. The number of amides is 1. The normalized spacial score (nSPS) is 20.4. The lowest BCUT2D eigenvalue weighted by molar-refractivity contribution is 0.0931. The van der Waals surface area contributed by atoms with E-state index in [0.717, 1.165) is 54.9 Å². The molecule has 0 saturated carbocycles. The summed E-state index contributed by atoms with van der Waals surface area (Å²) in [5.74, 6) is 0.916. The van der Waals surface area contributed by atoms with Crippen molar-refractivity contribution in [2.24, 2.45) is 0 Å². The van der Waals surface area contributed by atoms with Crippen LogP contribution < -0.4 is 10.1 Å². The van der Waals surface area contributed by atoms with Gasteiger partial charge in [-0.2, -0.15) is 0 Å². The number of aromatic nitrogens is 1. The van der Waals surface area contributed by atoms with E-state index in [2.05, 4.69) is 27.8 Å². The molecule has 25 heavy (non-hydrogen) atoms. The lowest BCUT2D eigenvalue weighted by Crippen LogP contribution is -2.38. The Morgan fingerprint density at radius 2 is 2.12 bits per heavy atom. The van der Waals surface area contributed by atoms with E-state index in [1.807, 2.05) is 18.2 Å². The lowest BCUT2D eigenvalue weighted by atomic mass is 10.1. The average molecular weight is 341 g/mol. The third-order valence-electron chi connectivity index (χ3n) is 5.41. The number of hydrogen-bond acceptors (Lipinski definition) is 3. The summed E-state index contributed by atoms with van der Waals surface area (Å²) in [5.41, 5.74) is 1.80. The van der Waals surface area contributed by atoms with Crippen LogP contribution in [0, 0.1) is 0 Å². The van der Waals surface area contributed by atoms with E-state index in [1.54, 1.807) is 0 Å². The molecule has 2 aromatic rings. The van der Waals surface area contributed by atoms with Crippen molar-refractivity contribution < 1.29 is 9.53 Å². The Kier molecular flexibility index (Phi) is 4.66. The maximum atomic E-state index is 12.8. The SMILES string of the molecule is CC[C@H]1Cn2c(C(=O)NCCN3CCCCC3)cc3cccc(c32)O1. The number of piperidine rings is 1. The van der Waals surface area contributed by atoms with Crippen LogP contribution in [0.3, 0.4) is 0 Å². The molecule has 2 aliphatic heterocycles. The highest BCUT2D eigenvalue weighted by molar-refractivity contribution is 6.00. The Morgan fingerprint density at radius 1 is 1.28 bits per heavy atom. The van der Waals surface area contributed by atoms with Gasteiger partial charge in [0.25, 0.3) is 5.91 Å². The van der Waals surface area contributed by atoms with Crippen molar-refractivity contribution in [1.82, 2.24) is 14.8 Å². The van der Waals surface area contributed by atoms with Crippen molar-refractivity contribution >= 4 is 16.8 Å². The van der Waals surface area contributed by atoms with Crippen LogP contribution in [0.1, 0.15) is 43.1 Å². The van der Waals surface area contributed by atoms with E-state index >= 15 is 0 Å². The molecule has 1 amide bonds. The molecule has 5 heteroatoms. The number of para-hydroxylation sites is 1. The van der Waals surface area contributed by atoms with Crippen molar-refractivity contribution in [3.8, 4) is 5.75 Å². The third-order valence-corrected chi connectivity index (χ3v) is 5.41. The molecule has 0 spiro atoms. The summed E-state index contributed by atoms with van der Waals surface area (Å²) in [6, 6.07) is 8.04. The molecule has 0 unspecified atom stereocenters. The Bertz CT molecular complexity index is 762. The zero-order valence-corrected chi connectivity index (χ0v) is 15.0. The zero-order valence-electron chi connectivity index (χ0n) is 15.0. The molecule has 1 fully saturated rings. The largest absolute Gasteiger partial charge is 0.486 e. The lowest BCUT2D eigenvalue weighted by Gasteiger charge is -2.27. The molecule has 134 valence electrons. The van der Waals surface area contributed by atoms with Gasteiger partial charge in [-0.3, -0.25) is 4.79 Å². The molecule has 0 radical (unpaired) electrons. The highest BCUT2D eigenvalue weighted by atomic mass is 16.5. The molecular formula is C20H27N3O2. The average Bonchev–Trinajstić information content (AvgIpc) is 3.03. The molecule has 1 aromatic heterocycles. The van der Waals surface area contributed by atoms with Gasteiger partial charge in [0.2, 0.25) is 0 Å². The van der Waals surface area contributed by atoms with Crippen molar-refractivity contribution in [3.05, 3.63) is 30.0 Å². The first-order chi connectivity index (χ1) is 12.3. The van der Waals surface area contributed by atoms with Crippen LogP contribution in [0.25, 0.3) is 10.9 Å². The van der Waals surface area contributed by atoms with E-state index in [4.69, 9.17) is 4.74 Å². The number of likely N-dealkylation sites (tertiary alicyclic amines) is 1. The Balaban J connectivity index is 1.49. The smallest absolute Gasteiger partial charge is 0.267 e. The van der Waals surface area contributed by atoms with Crippen LogP contribution in [0.15, 0.2) is 24.3 Å². The Hall–Kier alpha value is -2.01. The minimum Gasteiger partial charge on any atom is -0.486 e. The molecule has 0 aliphatic carbocycles. The monoisotopic (exact) mass is 341 g/mol. The molecule has 2 aliphatic rings. The van der Waals surface area contributed by atoms with Crippen molar-refractivity contribution in [3.63, 3.8) is 0 Å². The highest BCUT2D eigenvalue weighted by Crippen LogP contribution is 2.34. The van der Waals surface area contributed by atoms with Gasteiger partial charge in [0, 0.05) is 18.5 Å². The summed E-state index contributed by atoms with van der Waals surface area (Å²) in [5, 5.41) is 4.19. The standard InChI is InChI=1S/C20H27N3O2/c1-2-16-14-23-17(13-15-7-6-8-18(25-16)19(15)23)20(24)21-9-12-22-10-4-3-5-11-22/h6-8,13,16H,2-5,9-12,14H2,1H3,(H,21,24)/t16-/m0/s1. The first-order valence-corrected chi connectivity index (χ1v) is 9.55. The first kappa shape index (κ1) is 16.5. The number of carbonyl (C=O) groups is 1. The molecule has 0 bridgehead atoms. The molecule has 4 rings (SSSR count). The van der Waals surface area contributed by atoms with Gasteiger partial charge < -0.3 is 19.5 Å². The van der Waals surface area contributed by atoms with Gasteiger partial charge >= 0.3 is 0 Å². The molecule has 5 nitrogen and oxygen atoms in total. The number of ether oxygens (including phenoxy) is 1. The summed E-state index contributed by atoms with van der Waals surface area (Å²) in [6.45, 7) is 6.84. The van der Waals surface area contributed by atoms with Gasteiger partial charge in [0.05, 0.1) is 12.1 Å². The quantitative estimate of drug-likeness (QED) is 0.909. The number of hydrogen-bond donors (Lipinski definition) is 1. The molecule has 1 N–H and O–H groups in total. The van der Waals surface area contributed by atoms with Gasteiger partial charge in [-0.05, 0) is 44.5 Å². The van der Waals surface area contributed by atoms with Crippen LogP contribution in [0.5, 0.6) is 5.75 Å². The molecular weight excluding hydrogens is 314 g/mol. The molecule has 1 atom stereocenters. The third kappa shape index (κ3) is 3.25. The predicted octanol–water partition coefficient (Wildman–Crippen LogP) is 3.03. The number of benzene rings is 1. The van der Waals surface area contributed by atoms with Crippen molar-refractivity contribution in [2.45, 2.75) is 45.3 Å². The summed E-state index contributed by atoms with van der Waals surface area (Å²) in [6.07, 6.45) is 4.97. The van der Waals surface area contributed by atoms with E-state index in [0.29, 0.717) is 6.54 Å². The van der Waals surface area contributed by atoms with Crippen molar-refractivity contribution in [1.29, 1.82) is 0 Å². The minimum atomic E-state index is 0.0240. The fourth-order valence-electron chi connectivity index (χ4n) is 4.00. The van der Waals surface area contributed by atoms with Crippen LogP contribution >= 0.6 is 0 Å². The number of carbonyl (C=O) groups excluding carboxylic acids is 1. The van der Waals surface area contributed by atoms with Crippen LogP contribution in [-0.4, -0.2) is 47.7 Å². The van der Waals surface area contributed by atoms with Gasteiger partial charge in [-0.15, -0.1) is 0 Å². The zero-order chi connectivity index (χ0) is 17.2. The van der Waals surface area contributed by atoms with Crippen LogP contribution in [0.2, 0.25) is 0 Å². The molecule has 3 heterocycles. The fraction of sp³-hybridized carbons (Fsp3) is 0.550. The summed E-state index contributed by atoms with van der Waals surface area (Å²) >= 11 is 0. The number of nitrogens with one attached hydrogen (secondary N) is 1. The van der Waals surface area contributed by atoms with E-state index < -0.39 is 0 Å². The molecule has 1 aromatic carbocycles. The minimum absolute atomic E-state index is 0.0240. The maximum absolute atomic E-state index is 12.8. The first-order valence-electron chi connectivity index (χ1n) is 9.55. The van der Waals surface area contributed by atoms with E-state index in [1.165, 1.54) is 19.3 Å². The van der Waals surface area contributed by atoms with Crippen LogP contribution in [0.4, 0.5) is 0 Å². The van der Waals surface area contributed by atoms with Gasteiger partial charge in [-0.1, -0.05) is 25.5 Å². The van der Waals surface area contributed by atoms with Crippen LogP contribution in [-0.2, 0) is 6.54 Å². The second-order valence-corrected chi connectivity index (χ2v) is 7.14. The summed E-state index contributed by atoms with van der Waals surface area (Å²) in [4.78, 5) is 15.2. The molecule has 1 saturated heterocycles. The highest BCUT2D eigenvalue weighted by Gasteiger charge is 2.25. The Labute approximate surface area is 148 Å². The predicted molar refractivity (Wildman–Crippen MR) is 99.3 cm³/mol. The second-order valence-electron chi connectivity index (χ2n) is 7.14. The summed E-state index contributed by atoms with van der Waals surface area (Å²) < 4.78 is 8.18. The van der Waals surface area contributed by atoms with Gasteiger partial charge in [0.1, 0.15) is 17.5 Å². The van der Waals surface area contributed by atoms with Gasteiger partial charge in [-0.25, -0.2) is 0 Å².